The molecule has 3 rings (SSSR count). The van der Waals surface area contributed by atoms with Crippen molar-refractivity contribution in [1.29, 1.82) is 0 Å². The Hall–Kier alpha value is -2.02. The molecule has 0 spiro atoms. The minimum absolute atomic E-state index is 0.108. The van der Waals surface area contributed by atoms with Gasteiger partial charge in [0, 0.05) is 26.4 Å². The van der Waals surface area contributed by atoms with Crippen LogP contribution in [0.4, 0.5) is 5.00 Å². The summed E-state index contributed by atoms with van der Waals surface area (Å²) in [5.74, 6) is 0.273. The van der Waals surface area contributed by atoms with E-state index in [1.165, 1.54) is 18.4 Å². The maximum Gasteiger partial charge on any atom is 0.341 e. The standard InChI is InChI=1S/C20H18ClNO3S2/c1-25-20(24)18-15-5-2-3-6-16(15)27-19(18)22-17(23)7-4-12-26-14-10-8-13(21)9-11-14/h2-3,5-6,8-11H,4,7,12H2,1H3,(H,22,23). The Bertz CT molecular complexity index is 954. The van der Waals surface area contributed by atoms with Crippen LogP contribution in [-0.4, -0.2) is 24.7 Å². The number of methoxy groups -OCH3 is 1. The van der Waals surface area contributed by atoms with Gasteiger partial charge in [-0.15, -0.1) is 23.1 Å². The van der Waals surface area contributed by atoms with Crippen LogP contribution in [0.5, 0.6) is 0 Å². The zero-order valence-electron chi connectivity index (χ0n) is 14.7. The zero-order chi connectivity index (χ0) is 19.2. The molecule has 0 atom stereocenters. The van der Waals surface area contributed by atoms with Crippen LogP contribution in [0.3, 0.4) is 0 Å². The summed E-state index contributed by atoms with van der Waals surface area (Å²) in [6.07, 6.45) is 1.12. The van der Waals surface area contributed by atoms with Gasteiger partial charge in [0.15, 0.2) is 0 Å². The molecular weight excluding hydrogens is 402 g/mol. The average Bonchev–Trinajstić information content (AvgIpc) is 3.03. The van der Waals surface area contributed by atoms with E-state index < -0.39 is 5.97 Å². The third-order valence-electron chi connectivity index (χ3n) is 3.87. The number of halogens is 1. The molecule has 7 heteroatoms. The molecule has 2 aromatic carbocycles. The first-order valence-corrected chi connectivity index (χ1v) is 10.5. The first-order chi connectivity index (χ1) is 13.1. The predicted molar refractivity (Wildman–Crippen MR) is 113 cm³/mol. The average molecular weight is 420 g/mol. The van der Waals surface area contributed by atoms with E-state index in [0.29, 0.717) is 22.0 Å². The molecule has 0 unspecified atom stereocenters. The number of carbonyl (C=O) groups excluding carboxylic acids is 2. The van der Waals surface area contributed by atoms with Crippen LogP contribution in [-0.2, 0) is 9.53 Å². The zero-order valence-corrected chi connectivity index (χ0v) is 17.0. The highest BCUT2D eigenvalue weighted by atomic mass is 35.5. The van der Waals surface area contributed by atoms with Crippen LogP contribution >= 0.6 is 34.7 Å². The van der Waals surface area contributed by atoms with Gasteiger partial charge >= 0.3 is 5.97 Å². The number of nitrogens with one attached hydrogen (secondary N) is 1. The van der Waals surface area contributed by atoms with Crippen LogP contribution in [0.1, 0.15) is 23.2 Å². The molecule has 1 amide bonds. The first-order valence-electron chi connectivity index (χ1n) is 8.36. The van der Waals surface area contributed by atoms with Crippen molar-refractivity contribution in [3.8, 4) is 0 Å². The Balaban J connectivity index is 1.59. The third-order valence-corrected chi connectivity index (χ3v) is 6.30. The fourth-order valence-electron chi connectivity index (χ4n) is 2.58. The number of hydrogen-bond acceptors (Lipinski definition) is 5. The molecule has 27 heavy (non-hydrogen) atoms. The van der Waals surface area contributed by atoms with Crippen LogP contribution in [0, 0.1) is 0 Å². The number of anilines is 1. The van der Waals surface area contributed by atoms with Gasteiger partial charge in [0.2, 0.25) is 5.91 Å². The number of hydrogen-bond donors (Lipinski definition) is 1. The maximum atomic E-state index is 12.3. The van der Waals surface area contributed by atoms with Gasteiger partial charge in [-0.25, -0.2) is 4.79 Å². The Morgan fingerprint density at radius 1 is 1.15 bits per heavy atom. The Morgan fingerprint density at radius 3 is 2.63 bits per heavy atom. The number of thioether (sulfide) groups is 1. The van der Waals surface area contributed by atoms with E-state index >= 15 is 0 Å². The number of amides is 1. The van der Waals surface area contributed by atoms with Gasteiger partial charge in [0.25, 0.3) is 0 Å². The van der Waals surface area contributed by atoms with Crippen molar-refractivity contribution in [2.24, 2.45) is 0 Å². The maximum absolute atomic E-state index is 12.3. The van der Waals surface area contributed by atoms with E-state index in [-0.39, 0.29) is 5.91 Å². The summed E-state index contributed by atoms with van der Waals surface area (Å²) in [7, 11) is 1.34. The minimum atomic E-state index is -0.443. The lowest BCUT2D eigenvalue weighted by molar-refractivity contribution is -0.116. The van der Waals surface area contributed by atoms with Gasteiger partial charge in [-0.05, 0) is 42.5 Å². The van der Waals surface area contributed by atoms with Crippen molar-refractivity contribution in [2.75, 3.05) is 18.2 Å². The van der Waals surface area contributed by atoms with Crippen molar-refractivity contribution >= 4 is 61.7 Å². The molecule has 0 aliphatic heterocycles. The second-order valence-corrected chi connectivity index (χ2v) is 8.41. The number of ether oxygens (including phenoxy) is 1. The molecular formula is C20H18ClNO3S2. The lowest BCUT2D eigenvalue weighted by atomic mass is 10.1. The van der Waals surface area contributed by atoms with Gasteiger partial charge in [0.05, 0.1) is 7.11 Å². The van der Waals surface area contributed by atoms with Crippen LogP contribution in [0.25, 0.3) is 10.1 Å². The molecule has 1 aromatic heterocycles. The number of thiophene rings is 1. The topological polar surface area (TPSA) is 55.4 Å². The predicted octanol–water partition coefficient (Wildman–Crippen LogP) is 5.85. The minimum Gasteiger partial charge on any atom is -0.465 e. The Morgan fingerprint density at radius 2 is 1.89 bits per heavy atom. The summed E-state index contributed by atoms with van der Waals surface area (Å²) in [5.41, 5.74) is 0.419. The lowest BCUT2D eigenvalue weighted by Gasteiger charge is -2.06. The summed E-state index contributed by atoms with van der Waals surface area (Å²) in [6, 6.07) is 15.2. The molecule has 0 fully saturated rings. The van der Waals surface area contributed by atoms with Crippen molar-refractivity contribution in [2.45, 2.75) is 17.7 Å². The number of esters is 1. The molecule has 0 radical (unpaired) electrons. The van der Waals surface area contributed by atoms with Gasteiger partial charge in [-0.3, -0.25) is 4.79 Å². The van der Waals surface area contributed by atoms with E-state index in [1.807, 2.05) is 48.5 Å². The third kappa shape index (κ3) is 5.03. The van der Waals surface area contributed by atoms with Gasteiger partial charge in [-0.1, -0.05) is 29.8 Å². The molecule has 4 nitrogen and oxygen atoms in total. The number of fused-ring (bicyclic) bond motifs is 1. The Labute approximate surface area is 170 Å². The molecule has 1 heterocycles. The summed E-state index contributed by atoms with van der Waals surface area (Å²) in [6.45, 7) is 0. The second-order valence-electron chi connectivity index (χ2n) is 5.75. The highest BCUT2D eigenvalue weighted by Gasteiger charge is 2.20. The summed E-state index contributed by atoms with van der Waals surface area (Å²) < 4.78 is 5.82. The molecule has 1 N–H and O–H groups in total. The van der Waals surface area contributed by atoms with E-state index in [9.17, 15) is 9.59 Å². The van der Waals surface area contributed by atoms with Crippen molar-refractivity contribution in [3.63, 3.8) is 0 Å². The van der Waals surface area contributed by atoms with Gasteiger partial charge in [-0.2, -0.15) is 0 Å². The fourth-order valence-corrected chi connectivity index (χ4v) is 4.67. The monoisotopic (exact) mass is 419 g/mol. The quantitative estimate of drug-likeness (QED) is 0.296. The van der Waals surface area contributed by atoms with Gasteiger partial charge < -0.3 is 10.1 Å². The SMILES string of the molecule is COC(=O)c1c(NC(=O)CCCSc2ccc(Cl)cc2)sc2ccccc12. The normalized spacial score (nSPS) is 10.7. The first kappa shape index (κ1) is 19.7. The van der Waals surface area contributed by atoms with Crippen LogP contribution < -0.4 is 5.32 Å². The molecule has 0 aliphatic rings. The molecule has 3 aromatic rings. The number of rotatable bonds is 7. The van der Waals surface area contributed by atoms with Crippen LogP contribution in [0.2, 0.25) is 5.02 Å². The van der Waals surface area contributed by atoms with E-state index in [4.69, 9.17) is 16.3 Å². The van der Waals surface area contributed by atoms with E-state index in [2.05, 4.69) is 5.32 Å². The molecule has 0 bridgehead atoms. The van der Waals surface area contributed by atoms with Crippen molar-refractivity contribution < 1.29 is 14.3 Å². The highest BCUT2D eigenvalue weighted by Crippen LogP contribution is 2.36. The van der Waals surface area contributed by atoms with E-state index in [1.54, 1.807) is 11.8 Å². The molecule has 0 saturated carbocycles. The highest BCUT2D eigenvalue weighted by molar-refractivity contribution is 7.99. The number of benzene rings is 2. The molecule has 140 valence electrons. The number of carbonyl (C=O) groups is 2. The van der Waals surface area contributed by atoms with Crippen molar-refractivity contribution in [3.05, 3.63) is 59.1 Å². The fraction of sp³-hybridized carbons (Fsp3) is 0.200. The summed E-state index contributed by atoms with van der Waals surface area (Å²) >= 11 is 8.94. The second kappa shape index (κ2) is 9.26. The van der Waals surface area contributed by atoms with Crippen molar-refractivity contribution in [1.82, 2.24) is 0 Å². The smallest absolute Gasteiger partial charge is 0.341 e. The summed E-state index contributed by atoms with van der Waals surface area (Å²) in [5, 5.41) is 4.92. The van der Waals surface area contributed by atoms with Crippen LogP contribution in [0.15, 0.2) is 53.4 Å². The Kier molecular flexibility index (Phi) is 6.77. The molecule has 0 saturated heterocycles. The van der Waals surface area contributed by atoms with E-state index in [0.717, 1.165) is 27.2 Å². The largest absolute Gasteiger partial charge is 0.465 e. The summed E-state index contributed by atoms with van der Waals surface area (Å²) in [4.78, 5) is 25.6. The lowest BCUT2D eigenvalue weighted by Crippen LogP contribution is -2.13. The van der Waals surface area contributed by atoms with Gasteiger partial charge in [0.1, 0.15) is 10.6 Å². The molecule has 0 aliphatic carbocycles.